The largest absolute Gasteiger partial charge is 0.488 e. The van der Waals surface area contributed by atoms with Crippen LogP contribution in [-0.4, -0.2) is 61.9 Å². The highest BCUT2D eigenvalue weighted by atomic mass is 16.5. The highest BCUT2D eigenvalue weighted by molar-refractivity contribution is 5.79. The molecule has 0 unspecified atom stereocenters. The lowest BCUT2D eigenvalue weighted by Gasteiger charge is -2.45. The highest BCUT2D eigenvalue weighted by Gasteiger charge is 2.39. The van der Waals surface area contributed by atoms with E-state index in [-0.39, 0.29) is 11.1 Å². The predicted molar refractivity (Wildman–Crippen MR) is 123 cm³/mol. The van der Waals surface area contributed by atoms with Gasteiger partial charge in [0.15, 0.2) is 5.96 Å². The van der Waals surface area contributed by atoms with Gasteiger partial charge in [0, 0.05) is 44.5 Å². The first-order valence-corrected chi connectivity index (χ1v) is 11.4. The van der Waals surface area contributed by atoms with E-state index in [1.807, 2.05) is 7.05 Å². The average Bonchev–Trinajstić information content (AvgIpc) is 3.24. The number of benzene rings is 1. The maximum absolute atomic E-state index is 6.20. The molecule has 0 radical (unpaired) electrons. The number of nitrogens with one attached hydrogen (secondary N) is 2. The van der Waals surface area contributed by atoms with E-state index in [0.717, 1.165) is 49.9 Å². The second-order valence-corrected chi connectivity index (χ2v) is 9.64. The molecule has 1 aromatic carbocycles. The van der Waals surface area contributed by atoms with E-state index in [0.29, 0.717) is 6.54 Å². The fraction of sp³-hybridized carbons (Fsp3) is 0.708. The van der Waals surface area contributed by atoms with Crippen LogP contribution in [0.25, 0.3) is 0 Å². The topological polar surface area (TPSA) is 58.1 Å². The zero-order valence-electron chi connectivity index (χ0n) is 19.5. The number of aliphatic imine (C=N–C) groups is 1. The first-order valence-electron chi connectivity index (χ1n) is 11.4. The summed E-state index contributed by atoms with van der Waals surface area (Å²) in [6.07, 6.45) is 4.77. The lowest BCUT2D eigenvalue weighted by molar-refractivity contribution is -0.0164. The molecule has 0 saturated carbocycles. The Morgan fingerprint density at radius 3 is 2.50 bits per heavy atom. The third kappa shape index (κ3) is 6.11. The van der Waals surface area contributed by atoms with E-state index in [2.05, 4.69) is 66.4 Å². The van der Waals surface area contributed by atoms with Crippen molar-refractivity contribution in [1.29, 1.82) is 0 Å². The van der Waals surface area contributed by atoms with Crippen LogP contribution in [0.15, 0.2) is 23.2 Å². The summed E-state index contributed by atoms with van der Waals surface area (Å²) in [5.74, 6) is 1.77. The van der Waals surface area contributed by atoms with E-state index in [1.54, 1.807) is 0 Å². The lowest BCUT2D eigenvalue weighted by atomic mass is 9.88. The number of guanidine groups is 1. The Labute approximate surface area is 182 Å². The molecule has 6 heteroatoms. The summed E-state index contributed by atoms with van der Waals surface area (Å²) in [6.45, 7) is 14.0. The number of aryl methyl sites for hydroxylation is 1. The molecule has 2 N–H and O–H groups in total. The molecule has 0 bridgehead atoms. The van der Waals surface area contributed by atoms with E-state index in [1.165, 1.54) is 31.5 Å². The first-order chi connectivity index (χ1) is 14.3. The molecule has 0 spiro atoms. The Kier molecular flexibility index (Phi) is 7.64. The Morgan fingerprint density at radius 2 is 1.87 bits per heavy atom. The summed E-state index contributed by atoms with van der Waals surface area (Å²) in [5.41, 5.74) is 2.29. The van der Waals surface area contributed by atoms with Gasteiger partial charge >= 0.3 is 0 Å². The van der Waals surface area contributed by atoms with Crippen LogP contribution < -0.4 is 15.4 Å². The quantitative estimate of drug-likeness (QED) is 0.549. The van der Waals surface area contributed by atoms with Gasteiger partial charge in [-0.05, 0) is 78.1 Å². The van der Waals surface area contributed by atoms with Crippen molar-refractivity contribution in [2.45, 2.75) is 71.1 Å². The normalized spacial score (nSPS) is 20.2. The molecular weight excluding hydrogens is 376 g/mol. The molecule has 168 valence electrons. The number of ether oxygens (including phenoxy) is 2. The summed E-state index contributed by atoms with van der Waals surface area (Å²) >= 11 is 0. The van der Waals surface area contributed by atoms with Gasteiger partial charge in [-0.3, -0.25) is 9.89 Å². The van der Waals surface area contributed by atoms with Gasteiger partial charge in [0.2, 0.25) is 0 Å². The fourth-order valence-corrected chi connectivity index (χ4v) is 4.43. The number of hydrogen-bond donors (Lipinski definition) is 2. The van der Waals surface area contributed by atoms with Gasteiger partial charge in [-0.25, -0.2) is 0 Å². The highest BCUT2D eigenvalue weighted by Crippen LogP contribution is 2.31. The summed E-state index contributed by atoms with van der Waals surface area (Å²) in [7, 11) is 1.84. The maximum Gasteiger partial charge on any atom is 0.191 e. The van der Waals surface area contributed by atoms with Crippen LogP contribution in [0.5, 0.6) is 5.75 Å². The minimum absolute atomic E-state index is 0.177. The molecule has 0 aliphatic carbocycles. The van der Waals surface area contributed by atoms with Crippen molar-refractivity contribution < 1.29 is 9.47 Å². The Morgan fingerprint density at radius 1 is 1.17 bits per heavy atom. The van der Waals surface area contributed by atoms with Gasteiger partial charge in [0.25, 0.3) is 0 Å². The summed E-state index contributed by atoms with van der Waals surface area (Å²) in [5, 5.41) is 7.09. The van der Waals surface area contributed by atoms with Gasteiger partial charge in [-0.1, -0.05) is 12.1 Å². The Bertz CT molecular complexity index is 714. The minimum atomic E-state index is -0.229. The van der Waals surface area contributed by atoms with Gasteiger partial charge < -0.3 is 20.1 Å². The Balaban J connectivity index is 1.62. The third-order valence-corrected chi connectivity index (χ3v) is 6.09. The molecule has 2 aliphatic rings. The van der Waals surface area contributed by atoms with Gasteiger partial charge in [-0.15, -0.1) is 0 Å². The molecule has 0 amide bonds. The molecule has 2 saturated heterocycles. The van der Waals surface area contributed by atoms with Gasteiger partial charge in [0.05, 0.1) is 0 Å². The molecule has 3 rings (SSSR count). The van der Waals surface area contributed by atoms with Crippen LogP contribution in [0.1, 0.15) is 57.6 Å². The predicted octanol–water partition coefficient (Wildman–Crippen LogP) is 3.48. The van der Waals surface area contributed by atoms with Crippen LogP contribution >= 0.6 is 0 Å². The molecule has 6 nitrogen and oxygen atoms in total. The molecule has 2 fully saturated rings. The molecule has 1 aromatic rings. The van der Waals surface area contributed by atoms with Crippen molar-refractivity contribution in [2.24, 2.45) is 4.99 Å². The van der Waals surface area contributed by atoms with Crippen molar-refractivity contribution in [3.05, 3.63) is 29.3 Å². The monoisotopic (exact) mass is 416 g/mol. The van der Waals surface area contributed by atoms with Crippen LogP contribution in [0.3, 0.4) is 0 Å². The van der Waals surface area contributed by atoms with E-state index < -0.39 is 0 Å². The number of nitrogens with zero attached hydrogens (tertiary/aromatic N) is 2. The zero-order valence-corrected chi connectivity index (χ0v) is 19.5. The van der Waals surface area contributed by atoms with E-state index >= 15 is 0 Å². The number of hydrogen-bond acceptors (Lipinski definition) is 4. The fourth-order valence-electron chi connectivity index (χ4n) is 4.43. The second-order valence-electron chi connectivity index (χ2n) is 9.64. The van der Waals surface area contributed by atoms with Crippen molar-refractivity contribution in [3.63, 3.8) is 0 Å². The van der Waals surface area contributed by atoms with Crippen molar-refractivity contribution in [1.82, 2.24) is 15.5 Å². The van der Waals surface area contributed by atoms with Crippen molar-refractivity contribution >= 4 is 5.96 Å². The Hall–Kier alpha value is -1.79. The minimum Gasteiger partial charge on any atom is -0.488 e. The SMILES string of the molecule is CN=C(NCc1ccc(C)cc1OC(C)(C)C)NCC1(N2CCCC2)CCOCC1. The first kappa shape index (κ1) is 22.9. The molecule has 2 heterocycles. The number of likely N-dealkylation sites (tertiary alicyclic amines) is 1. The summed E-state index contributed by atoms with van der Waals surface area (Å²) in [4.78, 5) is 7.14. The van der Waals surface area contributed by atoms with E-state index in [4.69, 9.17) is 9.47 Å². The molecular formula is C24H40N4O2. The van der Waals surface area contributed by atoms with Crippen LogP contribution in [-0.2, 0) is 11.3 Å². The average molecular weight is 417 g/mol. The molecule has 0 atom stereocenters. The standard InChI is InChI=1S/C24H40N4O2/c1-19-8-9-20(21(16-19)30-23(2,3)4)17-26-22(25-5)27-18-24(10-14-29-15-11-24)28-12-6-7-13-28/h8-9,16H,6-7,10-15,17-18H2,1-5H3,(H2,25,26,27). The van der Waals surface area contributed by atoms with E-state index in [9.17, 15) is 0 Å². The van der Waals surface area contributed by atoms with Crippen molar-refractivity contribution in [2.75, 3.05) is 39.9 Å². The second kappa shape index (κ2) is 10.0. The smallest absolute Gasteiger partial charge is 0.191 e. The van der Waals surface area contributed by atoms with Crippen molar-refractivity contribution in [3.8, 4) is 5.75 Å². The maximum atomic E-state index is 6.20. The molecule has 2 aliphatic heterocycles. The number of rotatable bonds is 6. The summed E-state index contributed by atoms with van der Waals surface area (Å²) < 4.78 is 11.9. The van der Waals surface area contributed by atoms with Crippen LogP contribution in [0.4, 0.5) is 0 Å². The van der Waals surface area contributed by atoms with Gasteiger partial charge in [-0.2, -0.15) is 0 Å². The molecule has 0 aromatic heterocycles. The zero-order chi connectivity index (χ0) is 21.6. The molecule has 30 heavy (non-hydrogen) atoms. The van der Waals surface area contributed by atoms with Crippen LogP contribution in [0, 0.1) is 6.92 Å². The lowest BCUT2D eigenvalue weighted by Crippen LogP contribution is -2.58. The third-order valence-electron chi connectivity index (χ3n) is 6.09. The summed E-state index contributed by atoms with van der Waals surface area (Å²) in [6, 6.07) is 6.39. The van der Waals surface area contributed by atoms with Crippen LogP contribution in [0.2, 0.25) is 0 Å². The van der Waals surface area contributed by atoms with Gasteiger partial charge in [0.1, 0.15) is 11.4 Å².